The average Bonchev–Trinajstić information content (AvgIpc) is 2.59. The van der Waals surface area contributed by atoms with Crippen LogP contribution in [0.2, 0.25) is 0 Å². The Bertz CT molecular complexity index is 1060. The summed E-state index contributed by atoms with van der Waals surface area (Å²) < 4.78 is 0. The molecule has 0 unspecified atom stereocenters. The highest BCUT2D eigenvalue weighted by atomic mass is 32.2. The Morgan fingerprint density at radius 3 is 2.70 bits per heavy atom. The van der Waals surface area contributed by atoms with Crippen molar-refractivity contribution in [3.8, 4) is 0 Å². The first-order chi connectivity index (χ1) is 11.3. The van der Waals surface area contributed by atoms with Gasteiger partial charge < -0.3 is 0 Å². The van der Waals surface area contributed by atoms with Crippen LogP contribution in [0.15, 0.2) is 76.1 Å². The lowest BCUT2D eigenvalue weighted by atomic mass is 9.92. The number of hydrogen-bond donors (Lipinski definition) is 0. The lowest BCUT2D eigenvalue weighted by Gasteiger charge is -2.24. The smallest absolute Gasteiger partial charge is 0.160 e. The van der Waals surface area contributed by atoms with Gasteiger partial charge in [-0.3, -0.25) is 4.79 Å². The van der Waals surface area contributed by atoms with E-state index in [1.54, 1.807) is 11.8 Å². The number of fused-ring (bicyclic) bond motifs is 6. The highest BCUT2D eigenvalue weighted by Crippen LogP contribution is 2.45. The minimum absolute atomic E-state index is 0.214. The van der Waals surface area contributed by atoms with Gasteiger partial charge in [-0.2, -0.15) is 0 Å². The molecule has 0 saturated heterocycles. The van der Waals surface area contributed by atoms with E-state index in [9.17, 15) is 4.79 Å². The molecule has 23 heavy (non-hydrogen) atoms. The lowest BCUT2D eigenvalue weighted by molar-refractivity contribution is -0.113. The number of carbonyl (C=O) groups is 1. The van der Waals surface area contributed by atoms with E-state index in [2.05, 4.69) is 54.6 Å². The van der Waals surface area contributed by atoms with Crippen LogP contribution in [0.25, 0.3) is 21.5 Å². The molecule has 1 nitrogen and oxygen atoms in total. The standard InChI is InChI=1S/C21H14OS/c22-15-7-5-14-11-19-18-8-6-13-3-1-2-4-16(13)17(18)9-10-20(19)23-21(14)12-15/h1-6,8-10,12H,7,11H2. The Hall–Kier alpha value is -2.32. The van der Waals surface area contributed by atoms with Gasteiger partial charge in [0.2, 0.25) is 0 Å². The second kappa shape index (κ2) is 4.84. The van der Waals surface area contributed by atoms with Gasteiger partial charge in [0.15, 0.2) is 5.78 Å². The molecule has 110 valence electrons. The second-order valence-electron chi connectivity index (χ2n) is 6.11. The van der Waals surface area contributed by atoms with Crippen molar-refractivity contribution in [1.82, 2.24) is 0 Å². The largest absolute Gasteiger partial charge is 0.294 e. The summed E-state index contributed by atoms with van der Waals surface area (Å²) in [6.07, 6.45) is 5.39. The number of hydrogen-bond acceptors (Lipinski definition) is 2. The molecule has 0 bridgehead atoms. The number of rotatable bonds is 0. The molecule has 0 fully saturated rings. The molecule has 1 aliphatic heterocycles. The normalized spacial score (nSPS) is 16.8. The topological polar surface area (TPSA) is 17.1 Å². The van der Waals surface area contributed by atoms with E-state index < -0.39 is 0 Å². The van der Waals surface area contributed by atoms with Gasteiger partial charge in [-0.25, -0.2) is 0 Å². The van der Waals surface area contributed by atoms with Crippen LogP contribution in [0.3, 0.4) is 0 Å². The van der Waals surface area contributed by atoms with Crippen LogP contribution < -0.4 is 0 Å². The van der Waals surface area contributed by atoms with E-state index in [-0.39, 0.29) is 5.78 Å². The van der Waals surface area contributed by atoms with Gasteiger partial charge in [0.25, 0.3) is 0 Å². The molecular weight excluding hydrogens is 300 g/mol. The van der Waals surface area contributed by atoms with Crippen molar-refractivity contribution in [2.45, 2.75) is 17.7 Å². The second-order valence-corrected chi connectivity index (χ2v) is 7.20. The predicted octanol–water partition coefficient (Wildman–Crippen LogP) is 5.42. The van der Waals surface area contributed by atoms with Crippen LogP contribution in [-0.2, 0) is 11.2 Å². The first kappa shape index (κ1) is 13.1. The number of allylic oxidation sites excluding steroid dienone is 3. The van der Waals surface area contributed by atoms with Gasteiger partial charge in [0.1, 0.15) is 0 Å². The zero-order valence-electron chi connectivity index (χ0n) is 12.5. The van der Waals surface area contributed by atoms with E-state index in [0.717, 1.165) is 11.3 Å². The Kier molecular flexibility index (Phi) is 2.77. The van der Waals surface area contributed by atoms with E-state index in [1.165, 1.54) is 37.6 Å². The van der Waals surface area contributed by atoms with Gasteiger partial charge >= 0.3 is 0 Å². The van der Waals surface area contributed by atoms with Crippen LogP contribution in [0.5, 0.6) is 0 Å². The number of carbonyl (C=O) groups excluding carboxylic acids is 1. The summed E-state index contributed by atoms with van der Waals surface area (Å²) in [7, 11) is 0. The maximum atomic E-state index is 11.7. The van der Waals surface area contributed by atoms with Crippen LogP contribution >= 0.6 is 11.8 Å². The third-order valence-corrected chi connectivity index (χ3v) is 5.94. The Labute approximate surface area is 138 Å². The van der Waals surface area contributed by atoms with Crippen molar-refractivity contribution < 1.29 is 4.79 Å². The third kappa shape index (κ3) is 1.98. The minimum atomic E-state index is 0.214. The summed E-state index contributed by atoms with van der Waals surface area (Å²) in [6, 6.07) is 17.5. The molecule has 3 aromatic rings. The molecule has 0 aromatic heterocycles. The van der Waals surface area contributed by atoms with E-state index in [1.807, 2.05) is 6.08 Å². The van der Waals surface area contributed by atoms with Crippen molar-refractivity contribution >= 4 is 39.1 Å². The fourth-order valence-electron chi connectivity index (χ4n) is 3.59. The van der Waals surface area contributed by atoms with Crippen LogP contribution in [-0.4, -0.2) is 5.78 Å². The van der Waals surface area contributed by atoms with Gasteiger partial charge in [0, 0.05) is 16.2 Å². The molecule has 0 amide bonds. The number of thioether (sulfide) groups is 1. The Morgan fingerprint density at radius 2 is 1.74 bits per heavy atom. The molecule has 0 atom stereocenters. The lowest BCUT2D eigenvalue weighted by Crippen LogP contribution is -2.08. The molecule has 1 heterocycles. The monoisotopic (exact) mass is 314 g/mol. The summed E-state index contributed by atoms with van der Waals surface area (Å²) in [5.74, 6) is 0.214. The molecule has 1 aliphatic carbocycles. The average molecular weight is 314 g/mol. The van der Waals surface area contributed by atoms with Crippen molar-refractivity contribution in [2.75, 3.05) is 0 Å². The van der Waals surface area contributed by atoms with Crippen LogP contribution in [0, 0.1) is 0 Å². The molecule has 0 spiro atoms. The van der Waals surface area contributed by atoms with Gasteiger partial charge in [0.05, 0.1) is 0 Å². The summed E-state index contributed by atoms with van der Waals surface area (Å²) >= 11 is 1.74. The highest BCUT2D eigenvalue weighted by molar-refractivity contribution is 8.03. The Morgan fingerprint density at radius 1 is 0.870 bits per heavy atom. The van der Waals surface area contributed by atoms with Crippen molar-refractivity contribution in [3.05, 3.63) is 76.7 Å². The summed E-state index contributed by atoms with van der Waals surface area (Å²) in [4.78, 5) is 14.1. The molecule has 5 rings (SSSR count). The zero-order chi connectivity index (χ0) is 15.4. The van der Waals surface area contributed by atoms with Gasteiger partial charge in [-0.15, -0.1) is 0 Å². The van der Waals surface area contributed by atoms with Crippen LogP contribution in [0.1, 0.15) is 12.0 Å². The zero-order valence-corrected chi connectivity index (χ0v) is 13.3. The maximum Gasteiger partial charge on any atom is 0.160 e. The highest BCUT2D eigenvalue weighted by Gasteiger charge is 2.23. The van der Waals surface area contributed by atoms with Crippen LogP contribution in [0.4, 0.5) is 0 Å². The molecular formula is C21H14OS. The predicted molar refractivity (Wildman–Crippen MR) is 96.8 cm³/mol. The molecule has 3 aromatic carbocycles. The SMILES string of the molecule is O=C1C=C2Sc3ccc4c(ccc5ccccc54)c3CC2=CC1. The van der Waals surface area contributed by atoms with E-state index >= 15 is 0 Å². The first-order valence-corrected chi connectivity index (χ1v) is 8.66. The molecule has 2 aliphatic rings. The first-order valence-electron chi connectivity index (χ1n) is 7.85. The van der Waals surface area contributed by atoms with Crippen molar-refractivity contribution in [3.63, 3.8) is 0 Å². The fourth-order valence-corrected chi connectivity index (χ4v) is 4.75. The molecule has 0 radical (unpaired) electrons. The quantitative estimate of drug-likeness (QED) is 0.515. The van der Waals surface area contributed by atoms with E-state index in [0.29, 0.717) is 6.42 Å². The molecule has 0 N–H and O–H groups in total. The molecule has 2 heteroatoms. The number of benzene rings is 3. The maximum absolute atomic E-state index is 11.7. The van der Waals surface area contributed by atoms with Gasteiger partial charge in [-0.05, 0) is 51.2 Å². The summed E-state index contributed by atoms with van der Waals surface area (Å²) in [6.45, 7) is 0. The summed E-state index contributed by atoms with van der Waals surface area (Å²) in [5.41, 5.74) is 2.71. The third-order valence-electron chi connectivity index (χ3n) is 4.74. The minimum Gasteiger partial charge on any atom is -0.294 e. The van der Waals surface area contributed by atoms with Crippen molar-refractivity contribution in [1.29, 1.82) is 0 Å². The fraction of sp³-hybridized carbons (Fsp3) is 0.0952. The van der Waals surface area contributed by atoms with Gasteiger partial charge in [-0.1, -0.05) is 60.3 Å². The Balaban J connectivity index is 1.78. The summed E-state index contributed by atoms with van der Waals surface area (Å²) in [5, 5.41) is 5.26. The number of ketones is 1. The van der Waals surface area contributed by atoms with Crippen molar-refractivity contribution in [2.24, 2.45) is 0 Å². The van der Waals surface area contributed by atoms with E-state index in [4.69, 9.17) is 0 Å². The molecule has 0 saturated carbocycles.